The summed E-state index contributed by atoms with van der Waals surface area (Å²) in [5.41, 5.74) is 1.70. The number of amides is 1. The van der Waals surface area contributed by atoms with Crippen LogP contribution >= 0.6 is 0 Å². The van der Waals surface area contributed by atoms with Gasteiger partial charge < -0.3 is 18.8 Å². The SMILES string of the molecule is COc1ccc(OC)c(CN2CCN(C(=O)c3ccoc3)CC2)c1. The molecule has 3 rings (SSSR count). The van der Waals surface area contributed by atoms with Crippen LogP contribution in [0.4, 0.5) is 0 Å². The Morgan fingerprint density at radius 1 is 1.12 bits per heavy atom. The lowest BCUT2D eigenvalue weighted by molar-refractivity contribution is 0.0626. The minimum Gasteiger partial charge on any atom is -0.497 e. The largest absolute Gasteiger partial charge is 0.497 e. The number of hydrogen-bond donors (Lipinski definition) is 0. The van der Waals surface area contributed by atoms with Crippen molar-refractivity contribution in [2.45, 2.75) is 6.54 Å². The van der Waals surface area contributed by atoms with Crippen LogP contribution in [0.15, 0.2) is 41.2 Å². The topological polar surface area (TPSA) is 55.2 Å². The van der Waals surface area contributed by atoms with Crippen molar-refractivity contribution < 1.29 is 18.7 Å². The van der Waals surface area contributed by atoms with E-state index in [2.05, 4.69) is 4.90 Å². The number of carbonyl (C=O) groups is 1. The van der Waals surface area contributed by atoms with Crippen molar-refractivity contribution in [2.24, 2.45) is 0 Å². The number of piperazine rings is 1. The van der Waals surface area contributed by atoms with Crippen LogP contribution in [0, 0.1) is 0 Å². The van der Waals surface area contributed by atoms with E-state index < -0.39 is 0 Å². The van der Waals surface area contributed by atoms with Crippen LogP contribution in [0.25, 0.3) is 0 Å². The Morgan fingerprint density at radius 3 is 2.54 bits per heavy atom. The molecule has 0 unspecified atom stereocenters. The summed E-state index contributed by atoms with van der Waals surface area (Å²) < 4.78 is 15.7. The lowest BCUT2D eigenvalue weighted by atomic mass is 10.1. The van der Waals surface area contributed by atoms with Gasteiger partial charge in [-0.1, -0.05) is 0 Å². The van der Waals surface area contributed by atoms with Crippen LogP contribution in [0.2, 0.25) is 0 Å². The summed E-state index contributed by atoms with van der Waals surface area (Å²) >= 11 is 0. The number of rotatable bonds is 5. The zero-order valence-corrected chi connectivity index (χ0v) is 14.0. The number of furan rings is 1. The number of nitrogens with zero attached hydrogens (tertiary/aromatic N) is 2. The zero-order valence-electron chi connectivity index (χ0n) is 14.0. The molecule has 1 amide bonds. The number of methoxy groups -OCH3 is 2. The van der Waals surface area contributed by atoms with Gasteiger partial charge in [0.05, 0.1) is 26.0 Å². The Hall–Kier alpha value is -2.47. The predicted molar refractivity (Wildman–Crippen MR) is 89.4 cm³/mol. The molecular formula is C18H22N2O4. The number of benzene rings is 1. The van der Waals surface area contributed by atoms with Gasteiger partial charge in [-0.25, -0.2) is 0 Å². The molecule has 24 heavy (non-hydrogen) atoms. The lowest BCUT2D eigenvalue weighted by Crippen LogP contribution is -2.48. The van der Waals surface area contributed by atoms with E-state index in [0.717, 1.165) is 36.7 Å². The van der Waals surface area contributed by atoms with E-state index in [0.29, 0.717) is 18.7 Å². The van der Waals surface area contributed by atoms with Crippen molar-refractivity contribution in [3.05, 3.63) is 47.9 Å². The Balaban J connectivity index is 1.60. The average Bonchev–Trinajstić information content (AvgIpc) is 3.16. The fraction of sp³-hybridized carbons (Fsp3) is 0.389. The van der Waals surface area contributed by atoms with Crippen LogP contribution in [-0.2, 0) is 6.54 Å². The molecular weight excluding hydrogens is 308 g/mol. The molecule has 6 nitrogen and oxygen atoms in total. The normalized spacial score (nSPS) is 15.3. The molecule has 0 aliphatic carbocycles. The summed E-state index contributed by atoms with van der Waals surface area (Å²) in [5, 5.41) is 0. The first-order valence-corrected chi connectivity index (χ1v) is 7.96. The average molecular weight is 330 g/mol. The Labute approximate surface area is 141 Å². The van der Waals surface area contributed by atoms with E-state index in [-0.39, 0.29) is 5.91 Å². The van der Waals surface area contributed by atoms with Gasteiger partial charge >= 0.3 is 0 Å². The summed E-state index contributed by atoms with van der Waals surface area (Å²) in [6, 6.07) is 7.52. The summed E-state index contributed by atoms with van der Waals surface area (Å²) in [6.45, 7) is 3.83. The standard InChI is InChI=1S/C18H22N2O4/c1-22-16-3-4-17(23-2)15(11-16)12-19-6-8-20(9-7-19)18(21)14-5-10-24-13-14/h3-5,10-11,13H,6-9,12H2,1-2H3. The van der Waals surface area contributed by atoms with Crippen LogP contribution < -0.4 is 9.47 Å². The molecule has 0 atom stereocenters. The molecule has 0 bridgehead atoms. The third kappa shape index (κ3) is 3.54. The van der Waals surface area contributed by atoms with Crippen molar-refractivity contribution in [3.63, 3.8) is 0 Å². The first-order chi connectivity index (χ1) is 11.7. The van der Waals surface area contributed by atoms with Crippen LogP contribution in [0.3, 0.4) is 0 Å². The van der Waals surface area contributed by atoms with Crippen molar-refractivity contribution >= 4 is 5.91 Å². The zero-order chi connectivity index (χ0) is 16.9. The molecule has 1 aromatic carbocycles. The maximum Gasteiger partial charge on any atom is 0.257 e. The predicted octanol–water partition coefficient (Wildman–Crippen LogP) is 2.25. The van der Waals surface area contributed by atoms with E-state index in [1.807, 2.05) is 23.1 Å². The molecule has 0 N–H and O–H groups in total. The van der Waals surface area contributed by atoms with Crippen LogP contribution in [0.1, 0.15) is 15.9 Å². The highest BCUT2D eigenvalue weighted by Gasteiger charge is 2.23. The smallest absolute Gasteiger partial charge is 0.257 e. The fourth-order valence-electron chi connectivity index (χ4n) is 2.92. The van der Waals surface area contributed by atoms with Crippen molar-refractivity contribution in [2.75, 3.05) is 40.4 Å². The van der Waals surface area contributed by atoms with Gasteiger partial charge in [0.2, 0.25) is 0 Å². The van der Waals surface area contributed by atoms with Gasteiger partial charge in [0.15, 0.2) is 0 Å². The number of hydrogen-bond acceptors (Lipinski definition) is 5. The minimum absolute atomic E-state index is 0.0300. The monoisotopic (exact) mass is 330 g/mol. The Morgan fingerprint density at radius 2 is 1.92 bits per heavy atom. The molecule has 0 saturated carbocycles. The Bertz CT molecular complexity index is 676. The third-order valence-corrected chi connectivity index (χ3v) is 4.31. The molecule has 6 heteroatoms. The first-order valence-electron chi connectivity index (χ1n) is 7.96. The summed E-state index contributed by atoms with van der Waals surface area (Å²) in [6.07, 6.45) is 3.02. The summed E-state index contributed by atoms with van der Waals surface area (Å²) in [5.74, 6) is 1.70. The van der Waals surface area contributed by atoms with Crippen molar-refractivity contribution in [3.8, 4) is 11.5 Å². The van der Waals surface area contributed by atoms with Crippen molar-refractivity contribution in [1.82, 2.24) is 9.80 Å². The second-order valence-corrected chi connectivity index (χ2v) is 5.76. The van der Waals surface area contributed by atoms with Crippen LogP contribution in [-0.4, -0.2) is 56.1 Å². The highest BCUT2D eigenvalue weighted by Crippen LogP contribution is 2.25. The van der Waals surface area contributed by atoms with E-state index in [9.17, 15) is 4.79 Å². The number of carbonyl (C=O) groups excluding carboxylic acids is 1. The van der Waals surface area contributed by atoms with Crippen LogP contribution in [0.5, 0.6) is 11.5 Å². The highest BCUT2D eigenvalue weighted by atomic mass is 16.5. The molecule has 2 aromatic rings. The summed E-state index contributed by atoms with van der Waals surface area (Å²) in [7, 11) is 3.33. The molecule has 1 aliphatic rings. The molecule has 128 valence electrons. The molecule has 1 aliphatic heterocycles. The van der Waals surface area contributed by atoms with E-state index >= 15 is 0 Å². The summed E-state index contributed by atoms with van der Waals surface area (Å²) in [4.78, 5) is 16.5. The second-order valence-electron chi connectivity index (χ2n) is 5.76. The van der Waals surface area contributed by atoms with E-state index in [4.69, 9.17) is 13.9 Å². The molecule has 2 heterocycles. The van der Waals surface area contributed by atoms with Gasteiger partial charge in [0.25, 0.3) is 5.91 Å². The first kappa shape index (κ1) is 16.4. The van der Waals surface area contributed by atoms with E-state index in [1.165, 1.54) is 12.5 Å². The van der Waals surface area contributed by atoms with E-state index in [1.54, 1.807) is 20.3 Å². The maximum atomic E-state index is 12.3. The molecule has 0 spiro atoms. The molecule has 1 aromatic heterocycles. The maximum absolute atomic E-state index is 12.3. The van der Waals surface area contributed by atoms with Gasteiger partial charge in [-0.05, 0) is 24.3 Å². The Kier molecular flexibility index (Phi) is 5.05. The molecule has 1 fully saturated rings. The highest BCUT2D eigenvalue weighted by molar-refractivity contribution is 5.93. The van der Waals surface area contributed by atoms with Crippen molar-refractivity contribution in [1.29, 1.82) is 0 Å². The minimum atomic E-state index is 0.0300. The van der Waals surface area contributed by atoms with Gasteiger partial charge in [-0.3, -0.25) is 9.69 Å². The lowest BCUT2D eigenvalue weighted by Gasteiger charge is -2.34. The third-order valence-electron chi connectivity index (χ3n) is 4.31. The van der Waals surface area contributed by atoms with Gasteiger partial charge in [-0.2, -0.15) is 0 Å². The number of ether oxygens (including phenoxy) is 2. The van der Waals surface area contributed by atoms with Gasteiger partial charge in [-0.15, -0.1) is 0 Å². The quantitative estimate of drug-likeness (QED) is 0.842. The molecule has 0 radical (unpaired) electrons. The van der Waals surface area contributed by atoms with Gasteiger partial charge in [0.1, 0.15) is 17.8 Å². The molecule has 1 saturated heterocycles. The fourth-order valence-corrected chi connectivity index (χ4v) is 2.92. The van der Waals surface area contributed by atoms with Gasteiger partial charge in [0, 0.05) is 38.3 Å². The second kappa shape index (κ2) is 7.40.